The van der Waals surface area contributed by atoms with Crippen LogP contribution in [0.1, 0.15) is 207 Å². The maximum absolute atomic E-state index is 13.4. The van der Waals surface area contributed by atoms with Crippen LogP contribution in [0.2, 0.25) is 0 Å². The summed E-state index contributed by atoms with van der Waals surface area (Å²) in [6, 6.07) is -0.895. The van der Waals surface area contributed by atoms with Crippen LogP contribution >= 0.6 is 7.82 Å². The first-order valence-corrected chi connectivity index (χ1v) is 28.6. The van der Waals surface area contributed by atoms with E-state index in [1.165, 1.54) is 64.2 Å². The van der Waals surface area contributed by atoms with Crippen molar-refractivity contribution in [3.63, 3.8) is 0 Å². The first-order chi connectivity index (χ1) is 32.9. The number of esters is 1. The average Bonchev–Trinajstić information content (AvgIpc) is 3.29. The van der Waals surface area contributed by atoms with Gasteiger partial charge in [0.05, 0.1) is 33.8 Å². The highest BCUT2D eigenvalue weighted by Crippen LogP contribution is 2.43. The van der Waals surface area contributed by atoms with Crippen molar-refractivity contribution >= 4 is 19.7 Å². The van der Waals surface area contributed by atoms with E-state index in [-0.39, 0.29) is 37.9 Å². The van der Waals surface area contributed by atoms with Crippen molar-refractivity contribution in [2.75, 3.05) is 40.9 Å². The molecule has 68 heavy (non-hydrogen) atoms. The highest BCUT2D eigenvalue weighted by molar-refractivity contribution is 7.47. The van der Waals surface area contributed by atoms with E-state index in [0.29, 0.717) is 23.9 Å². The zero-order valence-electron chi connectivity index (χ0n) is 44.3. The number of hydrogen-bond acceptors (Lipinski definition) is 6. The molecular formula is C58H102N2O7P+. The molecule has 0 radical (unpaired) electrons. The fourth-order valence-corrected chi connectivity index (χ4v) is 7.80. The monoisotopic (exact) mass is 970 g/mol. The number of hydrogen-bond donors (Lipinski definition) is 2. The molecule has 0 heterocycles. The van der Waals surface area contributed by atoms with Crippen LogP contribution in [-0.2, 0) is 27.9 Å². The first kappa shape index (κ1) is 64.9. The third-order valence-electron chi connectivity index (χ3n) is 11.3. The van der Waals surface area contributed by atoms with Gasteiger partial charge in [-0.3, -0.25) is 18.6 Å². The molecule has 10 heteroatoms. The lowest BCUT2D eigenvalue weighted by Gasteiger charge is -2.27. The highest BCUT2D eigenvalue weighted by Gasteiger charge is 2.30. The molecule has 0 aromatic heterocycles. The molecule has 1 amide bonds. The van der Waals surface area contributed by atoms with Gasteiger partial charge in [0.15, 0.2) is 0 Å². The second kappa shape index (κ2) is 47.6. The van der Waals surface area contributed by atoms with Gasteiger partial charge >= 0.3 is 13.8 Å². The number of phosphoric acid groups is 1. The van der Waals surface area contributed by atoms with Crippen molar-refractivity contribution < 1.29 is 37.3 Å². The van der Waals surface area contributed by atoms with Crippen molar-refractivity contribution in [3.05, 3.63) is 97.2 Å². The normalized spacial score (nSPS) is 14.6. The van der Waals surface area contributed by atoms with Crippen LogP contribution in [0, 0.1) is 0 Å². The molecule has 390 valence electrons. The second-order valence-electron chi connectivity index (χ2n) is 19.0. The Morgan fingerprint density at radius 1 is 0.529 bits per heavy atom. The van der Waals surface area contributed by atoms with Crippen LogP contribution in [0.5, 0.6) is 0 Å². The number of ether oxygens (including phenoxy) is 1. The summed E-state index contributed by atoms with van der Waals surface area (Å²) in [5.41, 5.74) is 0. The Kier molecular flexibility index (Phi) is 45.5. The fraction of sp³-hybridized carbons (Fsp3) is 0.690. The van der Waals surface area contributed by atoms with Crippen molar-refractivity contribution in [2.24, 2.45) is 0 Å². The third-order valence-corrected chi connectivity index (χ3v) is 12.3. The van der Waals surface area contributed by atoms with Gasteiger partial charge in [-0.05, 0) is 89.5 Å². The minimum Gasteiger partial charge on any atom is -0.456 e. The number of unbranched alkanes of at least 4 members (excludes halogenated alkanes) is 17. The van der Waals surface area contributed by atoms with E-state index in [4.69, 9.17) is 13.8 Å². The molecule has 9 nitrogen and oxygen atoms in total. The predicted molar refractivity (Wildman–Crippen MR) is 290 cm³/mol. The Balaban J connectivity index is 5.51. The number of nitrogens with zero attached hydrogens (tertiary/aromatic N) is 1. The van der Waals surface area contributed by atoms with Crippen LogP contribution in [0.15, 0.2) is 97.2 Å². The lowest BCUT2D eigenvalue weighted by molar-refractivity contribution is -0.870. The van der Waals surface area contributed by atoms with Gasteiger partial charge in [-0.1, -0.05) is 202 Å². The lowest BCUT2D eigenvalue weighted by Crippen LogP contribution is -2.47. The van der Waals surface area contributed by atoms with E-state index in [1.807, 2.05) is 45.4 Å². The zero-order chi connectivity index (χ0) is 50.1. The maximum atomic E-state index is 13.4. The smallest absolute Gasteiger partial charge is 0.456 e. The third kappa shape index (κ3) is 48.0. The van der Waals surface area contributed by atoms with Crippen molar-refractivity contribution in [2.45, 2.75) is 219 Å². The maximum Gasteiger partial charge on any atom is 0.472 e. The average molecular weight is 970 g/mol. The molecule has 0 fully saturated rings. The van der Waals surface area contributed by atoms with Crippen LogP contribution < -0.4 is 5.32 Å². The topological polar surface area (TPSA) is 111 Å². The van der Waals surface area contributed by atoms with Gasteiger partial charge in [-0.2, -0.15) is 0 Å². The molecule has 0 rings (SSSR count). The van der Waals surface area contributed by atoms with Gasteiger partial charge in [-0.25, -0.2) is 4.57 Å². The molecule has 0 saturated carbocycles. The van der Waals surface area contributed by atoms with E-state index in [1.54, 1.807) is 0 Å². The summed E-state index contributed by atoms with van der Waals surface area (Å²) in [5, 5.41) is 2.98. The molecule has 0 aliphatic heterocycles. The highest BCUT2D eigenvalue weighted by atomic mass is 31.2. The van der Waals surface area contributed by atoms with Crippen molar-refractivity contribution in [1.29, 1.82) is 0 Å². The number of amides is 1. The molecule has 0 aliphatic rings. The van der Waals surface area contributed by atoms with Gasteiger partial charge in [0.2, 0.25) is 5.91 Å². The van der Waals surface area contributed by atoms with E-state index in [0.717, 1.165) is 96.3 Å². The standard InChI is InChI=1S/C58H101N2O7P/c1-7-10-13-16-19-22-25-27-28-29-30-31-32-33-36-38-41-44-47-50-57(61)59-55(54-66-68(63,64)65-53-52-60(4,5)6)56(49-46-43-40-37-35-26-23-20-17-14-11-8-2)67-58(62)51-48-45-42-39-34-24-21-18-15-12-9-3/h10,13,18-19,21-22,27-28,30-31,33,36,41,44,46,49,55-56H,7-9,11-12,14-17,20,23-26,29,32,34-35,37-40,42-43,45,47-48,50-54H2,1-6H3,(H-,59,61,63,64)/p+1/b13-10-,21-18-,22-19-,28-27-,31-30-,36-33-,44-41-,49-46-. The predicted octanol–water partition coefficient (Wildman–Crippen LogP) is 16.0. The summed E-state index contributed by atoms with van der Waals surface area (Å²) in [6.45, 7) is 6.76. The van der Waals surface area contributed by atoms with Gasteiger partial charge in [0, 0.05) is 12.8 Å². The number of nitrogens with one attached hydrogen (secondary N) is 1. The summed E-state index contributed by atoms with van der Waals surface area (Å²) >= 11 is 0. The number of carbonyl (C=O) groups is 2. The minimum absolute atomic E-state index is 0.0209. The molecule has 0 aliphatic carbocycles. The van der Waals surface area contributed by atoms with E-state index in [9.17, 15) is 19.0 Å². The molecule has 0 saturated heterocycles. The number of allylic oxidation sites excluding steroid dienone is 15. The molecule has 2 N–H and O–H groups in total. The SMILES string of the molecule is CC/C=C\C/C=C\C/C=C\C/C=C\C/C=C\C/C=C\CCC(=O)NC(COP(=O)(O)OCC[N+](C)(C)C)C(/C=C\CCCCCCCCCCCC)OC(=O)CCCCCCC/C=C\CCCC. The number of quaternary nitrogens is 1. The Morgan fingerprint density at radius 3 is 1.49 bits per heavy atom. The number of likely N-dealkylation sites (N-methyl/N-ethyl adjacent to an activating group) is 1. The molecule has 3 unspecified atom stereocenters. The lowest BCUT2D eigenvalue weighted by atomic mass is 10.1. The first-order valence-electron chi connectivity index (χ1n) is 27.1. The summed E-state index contributed by atoms with van der Waals surface area (Å²) < 4.78 is 30.5. The van der Waals surface area contributed by atoms with Gasteiger partial charge in [-0.15, -0.1) is 0 Å². The molecule has 0 bridgehead atoms. The summed E-state index contributed by atoms with van der Waals surface area (Å²) in [4.78, 5) is 37.4. The minimum atomic E-state index is -4.47. The van der Waals surface area contributed by atoms with Gasteiger partial charge in [0.1, 0.15) is 19.3 Å². The van der Waals surface area contributed by atoms with E-state index < -0.39 is 20.0 Å². The largest absolute Gasteiger partial charge is 0.472 e. The Morgan fingerprint density at radius 2 is 0.971 bits per heavy atom. The van der Waals surface area contributed by atoms with Gasteiger partial charge in [0.25, 0.3) is 0 Å². The summed E-state index contributed by atoms with van der Waals surface area (Å²) in [5.74, 6) is -0.623. The van der Waals surface area contributed by atoms with Gasteiger partial charge < -0.3 is 19.4 Å². The van der Waals surface area contributed by atoms with Crippen molar-refractivity contribution in [3.8, 4) is 0 Å². The Bertz CT molecular complexity index is 1490. The van der Waals surface area contributed by atoms with E-state index >= 15 is 0 Å². The fourth-order valence-electron chi connectivity index (χ4n) is 7.06. The van der Waals surface area contributed by atoms with Crippen LogP contribution in [0.3, 0.4) is 0 Å². The Hall–Kier alpha value is -3.07. The quantitative estimate of drug-likeness (QED) is 0.0205. The van der Waals surface area contributed by atoms with Crippen molar-refractivity contribution in [1.82, 2.24) is 5.32 Å². The summed E-state index contributed by atoms with van der Waals surface area (Å²) in [6.07, 6.45) is 62.8. The number of rotatable bonds is 47. The van der Waals surface area contributed by atoms with E-state index in [2.05, 4.69) is 99.0 Å². The molecule has 3 atom stereocenters. The molecular weight excluding hydrogens is 868 g/mol. The van der Waals surface area contributed by atoms with Crippen LogP contribution in [-0.4, -0.2) is 74.3 Å². The van der Waals surface area contributed by atoms with Crippen LogP contribution in [0.25, 0.3) is 0 Å². The van der Waals surface area contributed by atoms with Crippen LogP contribution in [0.4, 0.5) is 0 Å². The molecule has 0 aromatic carbocycles. The summed E-state index contributed by atoms with van der Waals surface area (Å²) in [7, 11) is 1.43. The zero-order valence-corrected chi connectivity index (χ0v) is 45.2. The number of phosphoric ester groups is 1. The second-order valence-corrected chi connectivity index (χ2v) is 20.5. The Labute approximate surface area is 418 Å². The molecule has 0 aromatic rings. The molecule has 0 spiro atoms. The number of carbonyl (C=O) groups excluding carboxylic acids is 2.